The number of methoxy groups -OCH3 is 1. The Bertz CT molecular complexity index is 263. The highest BCUT2D eigenvalue weighted by Crippen LogP contribution is 2.12. The fraction of sp³-hybridized carbons (Fsp3) is 0.923. The number of hydrogen-bond acceptors (Lipinski definition) is 5. The van der Waals surface area contributed by atoms with Gasteiger partial charge in [0.15, 0.2) is 5.60 Å². The Morgan fingerprint density at radius 2 is 2.28 bits per heavy atom. The van der Waals surface area contributed by atoms with Crippen LogP contribution in [0.3, 0.4) is 0 Å². The minimum Gasteiger partial charge on any atom is -0.467 e. The molecule has 2 unspecified atom stereocenters. The molecule has 1 rings (SSSR count). The van der Waals surface area contributed by atoms with Gasteiger partial charge in [0.1, 0.15) is 0 Å². The van der Waals surface area contributed by atoms with Gasteiger partial charge in [-0.05, 0) is 32.9 Å². The Morgan fingerprint density at radius 1 is 1.56 bits per heavy atom. The van der Waals surface area contributed by atoms with Gasteiger partial charge in [-0.15, -0.1) is 0 Å². The van der Waals surface area contributed by atoms with Crippen LogP contribution in [0.5, 0.6) is 0 Å². The number of rotatable bonds is 6. The molecule has 0 saturated carbocycles. The van der Waals surface area contributed by atoms with Crippen LogP contribution in [0.25, 0.3) is 0 Å². The van der Waals surface area contributed by atoms with E-state index in [-0.39, 0.29) is 0 Å². The predicted octanol–water partition coefficient (Wildman–Crippen LogP) is 0.374. The van der Waals surface area contributed by atoms with Crippen LogP contribution in [0.4, 0.5) is 0 Å². The van der Waals surface area contributed by atoms with Crippen molar-refractivity contribution < 1.29 is 14.6 Å². The molecular formula is C13H26N2O3. The lowest BCUT2D eigenvalue weighted by Gasteiger charge is -2.33. The molecule has 1 saturated heterocycles. The van der Waals surface area contributed by atoms with E-state index in [1.54, 1.807) is 0 Å². The summed E-state index contributed by atoms with van der Waals surface area (Å²) in [6.45, 7) is 6.60. The summed E-state index contributed by atoms with van der Waals surface area (Å²) < 4.78 is 4.62. The van der Waals surface area contributed by atoms with E-state index in [1.807, 2.05) is 6.92 Å². The molecule has 1 aliphatic rings. The summed E-state index contributed by atoms with van der Waals surface area (Å²) in [5.41, 5.74) is -1.43. The third kappa shape index (κ3) is 4.55. The van der Waals surface area contributed by atoms with E-state index in [4.69, 9.17) is 0 Å². The second-order valence-electron chi connectivity index (χ2n) is 5.24. The second kappa shape index (κ2) is 7.07. The first-order valence-electron chi connectivity index (χ1n) is 6.76. The van der Waals surface area contributed by atoms with E-state index in [0.717, 1.165) is 26.1 Å². The molecule has 0 aromatic rings. The topological polar surface area (TPSA) is 61.8 Å². The van der Waals surface area contributed by atoms with Crippen molar-refractivity contribution >= 4 is 5.97 Å². The maximum Gasteiger partial charge on any atom is 0.338 e. The Labute approximate surface area is 109 Å². The van der Waals surface area contributed by atoms with Crippen molar-refractivity contribution in [1.29, 1.82) is 0 Å². The molecule has 1 heterocycles. The maximum atomic E-state index is 11.5. The number of ether oxygens (including phenoxy) is 1. The van der Waals surface area contributed by atoms with Crippen LogP contribution in [0.1, 0.15) is 33.1 Å². The fourth-order valence-corrected chi connectivity index (χ4v) is 2.42. The SMILES string of the molecule is CCN(CC1CCCCN1)CC(C)(O)C(=O)OC. The first-order valence-corrected chi connectivity index (χ1v) is 6.76. The molecule has 0 spiro atoms. The molecule has 5 heteroatoms. The first kappa shape index (κ1) is 15.4. The molecule has 0 bridgehead atoms. The fourth-order valence-electron chi connectivity index (χ4n) is 2.42. The molecule has 106 valence electrons. The molecule has 0 amide bonds. The molecule has 0 aromatic carbocycles. The third-order valence-corrected chi connectivity index (χ3v) is 3.49. The number of nitrogens with zero attached hydrogens (tertiary/aromatic N) is 1. The van der Waals surface area contributed by atoms with Gasteiger partial charge < -0.3 is 15.2 Å². The summed E-state index contributed by atoms with van der Waals surface area (Å²) in [4.78, 5) is 13.6. The summed E-state index contributed by atoms with van der Waals surface area (Å²) in [5.74, 6) is -0.572. The minimum absolute atomic E-state index is 0.314. The molecule has 2 atom stereocenters. The van der Waals surface area contributed by atoms with E-state index in [0.29, 0.717) is 12.6 Å². The van der Waals surface area contributed by atoms with Crippen molar-refractivity contribution in [3.05, 3.63) is 0 Å². The van der Waals surface area contributed by atoms with Crippen molar-refractivity contribution in [1.82, 2.24) is 10.2 Å². The molecule has 0 aliphatic carbocycles. The van der Waals surface area contributed by atoms with Crippen molar-refractivity contribution in [2.24, 2.45) is 0 Å². The standard InChI is InChI=1S/C13H26N2O3/c1-4-15(9-11-7-5-6-8-14-11)10-13(2,17)12(16)18-3/h11,14,17H,4-10H2,1-3H3. The van der Waals surface area contributed by atoms with Crippen molar-refractivity contribution in [2.45, 2.75) is 44.8 Å². The van der Waals surface area contributed by atoms with E-state index in [2.05, 4.69) is 15.0 Å². The Kier molecular flexibility index (Phi) is 6.05. The quantitative estimate of drug-likeness (QED) is 0.674. The van der Waals surface area contributed by atoms with Crippen LogP contribution < -0.4 is 5.32 Å². The second-order valence-corrected chi connectivity index (χ2v) is 5.24. The molecular weight excluding hydrogens is 232 g/mol. The highest BCUT2D eigenvalue weighted by molar-refractivity contribution is 5.78. The Morgan fingerprint density at radius 3 is 2.78 bits per heavy atom. The number of likely N-dealkylation sites (N-methyl/N-ethyl adjacent to an activating group) is 1. The number of carbonyl (C=O) groups excluding carboxylic acids is 1. The molecule has 18 heavy (non-hydrogen) atoms. The molecule has 1 aliphatic heterocycles. The summed E-state index contributed by atoms with van der Waals surface area (Å²) in [5, 5.41) is 13.6. The van der Waals surface area contributed by atoms with Crippen LogP contribution in [-0.4, -0.2) is 60.9 Å². The number of esters is 1. The van der Waals surface area contributed by atoms with Crippen LogP contribution >= 0.6 is 0 Å². The lowest BCUT2D eigenvalue weighted by Crippen LogP contribution is -2.51. The maximum absolute atomic E-state index is 11.5. The summed E-state index contributed by atoms with van der Waals surface area (Å²) in [6.07, 6.45) is 3.65. The zero-order valence-electron chi connectivity index (χ0n) is 11.7. The van der Waals surface area contributed by atoms with Crippen molar-refractivity contribution in [3.8, 4) is 0 Å². The van der Waals surface area contributed by atoms with Gasteiger partial charge in [0.2, 0.25) is 0 Å². The average molecular weight is 258 g/mol. The molecule has 1 fully saturated rings. The Hall–Kier alpha value is -0.650. The van der Waals surface area contributed by atoms with Gasteiger partial charge in [0.25, 0.3) is 0 Å². The highest BCUT2D eigenvalue weighted by Gasteiger charge is 2.33. The van der Waals surface area contributed by atoms with Gasteiger partial charge >= 0.3 is 5.97 Å². The minimum atomic E-state index is -1.43. The molecule has 2 N–H and O–H groups in total. The summed E-state index contributed by atoms with van der Waals surface area (Å²) in [7, 11) is 1.30. The van der Waals surface area contributed by atoms with Crippen molar-refractivity contribution in [3.63, 3.8) is 0 Å². The van der Waals surface area contributed by atoms with E-state index in [1.165, 1.54) is 26.9 Å². The average Bonchev–Trinajstić information content (AvgIpc) is 2.37. The van der Waals surface area contributed by atoms with Gasteiger partial charge in [-0.1, -0.05) is 13.3 Å². The van der Waals surface area contributed by atoms with Crippen LogP contribution in [-0.2, 0) is 9.53 Å². The van der Waals surface area contributed by atoms with E-state index >= 15 is 0 Å². The van der Waals surface area contributed by atoms with Gasteiger partial charge in [-0.2, -0.15) is 0 Å². The van der Waals surface area contributed by atoms with Gasteiger partial charge in [0.05, 0.1) is 7.11 Å². The zero-order chi connectivity index (χ0) is 13.6. The molecule has 5 nitrogen and oxygen atoms in total. The monoisotopic (exact) mass is 258 g/mol. The first-order chi connectivity index (χ1) is 8.49. The third-order valence-electron chi connectivity index (χ3n) is 3.49. The summed E-state index contributed by atoms with van der Waals surface area (Å²) in [6, 6.07) is 0.465. The normalized spacial score (nSPS) is 23.7. The Balaban J connectivity index is 2.47. The van der Waals surface area contributed by atoms with Crippen LogP contribution in [0, 0.1) is 0 Å². The van der Waals surface area contributed by atoms with Crippen LogP contribution in [0.15, 0.2) is 0 Å². The zero-order valence-corrected chi connectivity index (χ0v) is 11.7. The smallest absolute Gasteiger partial charge is 0.338 e. The summed E-state index contributed by atoms with van der Waals surface area (Å²) >= 11 is 0. The van der Waals surface area contributed by atoms with Gasteiger partial charge in [-0.3, -0.25) is 4.90 Å². The number of aliphatic hydroxyl groups is 1. The lowest BCUT2D eigenvalue weighted by atomic mass is 10.0. The number of nitrogens with one attached hydrogen (secondary N) is 1. The number of carbonyl (C=O) groups is 1. The lowest BCUT2D eigenvalue weighted by molar-refractivity contribution is -0.162. The largest absolute Gasteiger partial charge is 0.467 e. The number of hydrogen-bond donors (Lipinski definition) is 2. The van der Waals surface area contributed by atoms with E-state index < -0.39 is 11.6 Å². The van der Waals surface area contributed by atoms with E-state index in [9.17, 15) is 9.90 Å². The predicted molar refractivity (Wildman–Crippen MR) is 70.4 cm³/mol. The molecule has 0 radical (unpaired) electrons. The highest BCUT2D eigenvalue weighted by atomic mass is 16.5. The van der Waals surface area contributed by atoms with Crippen molar-refractivity contribution in [2.75, 3.05) is 33.3 Å². The number of piperidine rings is 1. The van der Waals surface area contributed by atoms with Gasteiger partial charge in [-0.25, -0.2) is 4.79 Å². The molecule has 0 aromatic heterocycles. The van der Waals surface area contributed by atoms with Crippen LogP contribution in [0.2, 0.25) is 0 Å². The van der Waals surface area contributed by atoms with Gasteiger partial charge in [0, 0.05) is 19.1 Å².